The van der Waals surface area contributed by atoms with E-state index < -0.39 is 0 Å². The van der Waals surface area contributed by atoms with Crippen LogP contribution in [0, 0.1) is 37.5 Å². The number of hydrogen-bond donors (Lipinski definition) is 1. The first-order valence-electron chi connectivity index (χ1n) is 7.70. The predicted molar refractivity (Wildman–Crippen MR) is 85.7 cm³/mol. The van der Waals surface area contributed by atoms with Gasteiger partial charge < -0.3 is 10.1 Å². The normalized spacial score (nSPS) is 38.2. The third-order valence-corrected chi connectivity index (χ3v) is 6.89. The van der Waals surface area contributed by atoms with Crippen molar-refractivity contribution in [2.24, 2.45) is 23.7 Å². The molecular weight excluding hydrogens is 346 g/mol. The summed E-state index contributed by atoms with van der Waals surface area (Å²) in [4.78, 5) is 25.0. The summed E-state index contributed by atoms with van der Waals surface area (Å²) < 4.78 is 5.46. The molecule has 0 aromatic heterocycles. The lowest BCUT2D eigenvalue weighted by atomic mass is 9.79. The molecule has 1 aliphatic heterocycles. The average molecular weight is 364 g/mol. The molecule has 1 saturated heterocycles. The highest BCUT2D eigenvalue weighted by molar-refractivity contribution is 9.09. The van der Waals surface area contributed by atoms with Gasteiger partial charge in [-0.1, -0.05) is 28.1 Å². The Morgan fingerprint density at radius 3 is 2.86 bits per heavy atom. The number of carbonyl (C=O) groups is 2. The Kier molecular flexibility index (Phi) is 3.12. The number of nitrogens with one attached hydrogen (secondary N) is 1. The van der Waals surface area contributed by atoms with Gasteiger partial charge in [-0.05, 0) is 43.4 Å². The monoisotopic (exact) mass is 363 g/mol. The second-order valence-corrected chi connectivity index (χ2v) is 7.75. The summed E-state index contributed by atoms with van der Waals surface area (Å²) >= 11 is 3.64. The summed E-state index contributed by atoms with van der Waals surface area (Å²) in [6.07, 6.45) is 0.870. The molecule has 1 N–H and O–H groups in total. The van der Waals surface area contributed by atoms with Crippen LogP contribution in [0.25, 0.3) is 0 Å². The van der Waals surface area contributed by atoms with Gasteiger partial charge in [0.2, 0.25) is 5.91 Å². The van der Waals surface area contributed by atoms with E-state index in [4.69, 9.17) is 4.74 Å². The number of hydrogen-bond acceptors (Lipinski definition) is 3. The van der Waals surface area contributed by atoms with Crippen LogP contribution in [0.15, 0.2) is 18.2 Å². The highest BCUT2D eigenvalue weighted by Crippen LogP contribution is 2.60. The standard InChI is InChI=1S/C17H18BrNO3/c1-7-4-3-5-11(8(7)2)19-16(20)12-9-6-10-13(12)17(21)22-15(10)14(9)18/h3-5,9-10,12-15H,6H2,1-2H3,(H,19,20)/t9-,10-,12-,13-,14-,15+/m1/s1. The van der Waals surface area contributed by atoms with Crippen LogP contribution in [0.5, 0.6) is 0 Å². The fourth-order valence-electron chi connectivity index (χ4n) is 4.43. The second kappa shape index (κ2) is 4.82. The van der Waals surface area contributed by atoms with Crippen molar-refractivity contribution in [3.63, 3.8) is 0 Å². The van der Waals surface area contributed by atoms with Crippen molar-refractivity contribution in [2.45, 2.75) is 31.2 Å². The SMILES string of the molecule is Cc1cccc(NC(=O)[C@@H]2[C@H]3C[C@H]4[C@H](OC(=O)[C@H]42)[C@@H]3Br)c1C. The van der Waals surface area contributed by atoms with E-state index in [-0.39, 0.29) is 46.5 Å². The first-order valence-corrected chi connectivity index (χ1v) is 8.62. The number of alkyl halides is 1. The second-order valence-electron chi connectivity index (χ2n) is 6.70. The zero-order valence-electron chi connectivity index (χ0n) is 12.5. The van der Waals surface area contributed by atoms with Gasteiger partial charge in [-0.25, -0.2) is 0 Å². The molecule has 1 amide bonds. The Morgan fingerprint density at radius 2 is 2.09 bits per heavy atom. The maximum atomic E-state index is 12.8. The number of esters is 1. The molecule has 1 heterocycles. The first kappa shape index (κ1) is 14.2. The highest BCUT2D eigenvalue weighted by atomic mass is 79.9. The number of rotatable bonds is 2. The molecule has 0 unspecified atom stereocenters. The zero-order chi connectivity index (χ0) is 15.6. The molecule has 4 rings (SSSR count). The minimum Gasteiger partial charge on any atom is -0.461 e. The van der Waals surface area contributed by atoms with Crippen LogP contribution in [-0.4, -0.2) is 22.8 Å². The summed E-state index contributed by atoms with van der Waals surface area (Å²) in [5.74, 6) is -0.379. The molecule has 3 fully saturated rings. The molecule has 2 saturated carbocycles. The van der Waals surface area contributed by atoms with E-state index in [0.29, 0.717) is 0 Å². The molecule has 2 bridgehead atoms. The highest BCUT2D eigenvalue weighted by Gasteiger charge is 2.67. The lowest BCUT2D eigenvalue weighted by molar-refractivity contribution is -0.145. The average Bonchev–Trinajstić information content (AvgIpc) is 3.08. The maximum absolute atomic E-state index is 12.8. The minimum absolute atomic E-state index is 0.0349. The van der Waals surface area contributed by atoms with Crippen molar-refractivity contribution >= 4 is 33.5 Å². The molecule has 1 aromatic rings. The molecule has 6 atom stereocenters. The summed E-state index contributed by atoms with van der Waals surface area (Å²) in [5.41, 5.74) is 3.05. The van der Waals surface area contributed by atoms with Gasteiger partial charge in [0.05, 0.1) is 16.7 Å². The van der Waals surface area contributed by atoms with Gasteiger partial charge in [0.1, 0.15) is 6.10 Å². The van der Waals surface area contributed by atoms with Crippen molar-refractivity contribution in [3.8, 4) is 0 Å². The van der Waals surface area contributed by atoms with Gasteiger partial charge in [-0.2, -0.15) is 0 Å². The zero-order valence-corrected chi connectivity index (χ0v) is 14.1. The minimum atomic E-state index is -0.277. The van der Waals surface area contributed by atoms with Crippen molar-refractivity contribution in [2.75, 3.05) is 5.32 Å². The lowest BCUT2D eigenvalue weighted by Gasteiger charge is -2.27. The largest absolute Gasteiger partial charge is 0.461 e. The van der Waals surface area contributed by atoms with E-state index in [1.807, 2.05) is 32.0 Å². The van der Waals surface area contributed by atoms with Gasteiger partial charge in [0, 0.05) is 11.6 Å². The Balaban J connectivity index is 1.61. The summed E-state index contributed by atoms with van der Waals surface area (Å²) in [5, 5.41) is 3.03. The van der Waals surface area contributed by atoms with E-state index >= 15 is 0 Å². The van der Waals surface area contributed by atoms with Gasteiger partial charge in [-0.15, -0.1) is 0 Å². The lowest BCUT2D eigenvalue weighted by Crippen LogP contribution is -2.40. The Hall–Kier alpha value is -1.36. The van der Waals surface area contributed by atoms with Gasteiger partial charge >= 0.3 is 5.97 Å². The first-order chi connectivity index (χ1) is 10.5. The van der Waals surface area contributed by atoms with Crippen molar-refractivity contribution in [1.82, 2.24) is 0 Å². The molecule has 5 heteroatoms. The molecule has 116 valence electrons. The fraction of sp³-hybridized carbons (Fsp3) is 0.529. The number of anilines is 1. The third kappa shape index (κ3) is 1.81. The Labute approximate surface area is 137 Å². The molecule has 4 nitrogen and oxygen atoms in total. The van der Waals surface area contributed by atoms with E-state index in [1.54, 1.807) is 0 Å². The summed E-state index contributed by atoms with van der Waals surface area (Å²) in [6.45, 7) is 4.02. The van der Waals surface area contributed by atoms with Crippen LogP contribution in [0.1, 0.15) is 17.5 Å². The number of benzene rings is 1. The van der Waals surface area contributed by atoms with E-state index in [2.05, 4.69) is 21.2 Å². The quantitative estimate of drug-likeness (QED) is 0.649. The van der Waals surface area contributed by atoms with Crippen LogP contribution in [0.4, 0.5) is 5.69 Å². The van der Waals surface area contributed by atoms with Crippen LogP contribution in [0.3, 0.4) is 0 Å². The van der Waals surface area contributed by atoms with Crippen molar-refractivity contribution < 1.29 is 14.3 Å². The molecule has 22 heavy (non-hydrogen) atoms. The molecular formula is C17H18BrNO3. The number of carbonyl (C=O) groups excluding carboxylic acids is 2. The topological polar surface area (TPSA) is 55.4 Å². The van der Waals surface area contributed by atoms with Gasteiger partial charge in [-0.3, -0.25) is 9.59 Å². The Bertz CT molecular complexity index is 674. The number of fused-ring (bicyclic) bond motifs is 1. The third-order valence-electron chi connectivity index (χ3n) is 5.69. The molecule has 3 aliphatic rings. The smallest absolute Gasteiger partial charge is 0.310 e. The van der Waals surface area contributed by atoms with Crippen LogP contribution in [0.2, 0.25) is 0 Å². The van der Waals surface area contributed by atoms with Crippen LogP contribution in [-0.2, 0) is 14.3 Å². The molecule has 0 radical (unpaired) electrons. The van der Waals surface area contributed by atoms with Crippen LogP contribution < -0.4 is 5.32 Å². The molecule has 1 aromatic carbocycles. The fourth-order valence-corrected chi connectivity index (χ4v) is 5.48. The number of ether oxygens (including phenoxy) is 1. The van der Waals surface area contributed by atoms with Crippen molar-refractivity contribution in [1.29, 1.82) is 0 Å². The molecule has 2 aliphatic carbocycles. The van der Waals surface area contributed by atoms with E-state index in [1.165, 1.54) is 0 Å². The Morgan fingerprint density at radius 1 is 1.32 bits per heavy atom. The summed E-state index contributed by atoms with van der Waals surface area (Å²) in [7, 11) is 0. The van der Waals surface area contributed by atoms with Crippen molar-refractivity contribution in [3.05, 3.63) is 29.3 Å². The van der Waals surface area contributed by atoms with Crippen LogP contribution >= 0.6 is 15.9 Å². The van der Waals surface area contributed by atoms with E-state index in [9.17, 15) is 9.59 Å². The number of amides is 1. The van der Waals surface area contributed by atoms with Gasteiger partial charge in [0.25, 0.3) is 0 Å². The van der Waals surface area contributed by atoms with Gasteiger partial charge in [0.15, 0.2) is 0 Å². The number of aryl methyl sites for hydroxylation is 1. The number of halogens is 1. The maximum Gasteiger partial charge on any atom is 0.310 e. The van der Waals surface area contributed by atoms with E-state index in [0.717, 1.165) is 23.2 Å². The summed E-state index contributed by atoms with van der Waals surface area (Å²) in [6, 6.07) is 5.87. The molecule has 0 spiro atoms. The predicted octanol–water partition coefficient (Wildman–Crippen LogP) is 2.81.